The molecular formula is C15H21N3O. The van der Waals surface area contributed by atoms with E-state index in [1.165, 1.54) is 0 Å². The molecule has 19 heavy (non-hydrogen) atoms. The van der Waals surface area contributed by atoms with Crippen LogP contribution in [0.3, 0.4) is 0 Å². The van der Waals surface area contributed by atoms with Crippen LogP contribution in [0.2, 0.25) is 0 Å². The van der Waals surface area contributed by atoms with E-state index in [9.17, 15) is 5.11 Å². The van der Waals surface area contributed by atoms with Gasteiger partial charge < -0.3 is 14.6 Å². The Morgan fingerprint density at radius 1 is 1.37 bits per heavy atom. The maximum absolute atomic E-state index is 10.7. The Morgan fingerprint density at radius 2 is 2.11 bits per heavy atom. The van der Waals surface area contributed by atoms with Gasteiger partial charge in [0.05, 0.1) is 16.6 Å². The quantitative estimate of drug-likeness (QED) is 0.890. The van der Waals surface area contributed by atoms with Crippen molar-refractivity contribution in [2.75, 3.05) is 13.6 Å². The molecule has 2 heterocycles. The fourth-order valence-electron chi connectivity index (χ4n) is 3.17. The second-order valence-corrected chi connectivity index (χ2v) is 5.95. The number of benzene rings is 1. The second-order valence-electron chi connectivity index (χ2n) is 5.95. The topological polar surface area (TPSA) is 41.3 Å². The molecule has 102 valence electrons. The number of hydrogen-bond acceptors (Lipinski definition) is 3. The summed E-state index contributed by atoms with van der Waals surface area (Å²) in [7, 11) is 4.09. The third kappa shape index (κ3) is 2.15. The predicted molar refractivity (Wildman–Crippen MR) is 76.1 cm³/mol. The molecule has 1 saturated heterocycles. The smallest absolute Gasteiger partial charge is 0.112 e. The number of rotatable bonds is 2. The summed E-state index contributed by atoms with van der Waals surface area (Å²) in [5.41, 5.74) is 1.48. The van der Waals surface area contributed by atoms with Crippen molar-refractivity contribution < 1.29 is 5.11 Å². The zero-order valence-electron chi connectivity index (χ0n) is 11.8. The van der Waals surface area contributed by atoms with Gasteiger partial charge in [-0.2, -0.15) is 0 Å². The van der Waals surface area contributed by atoms with Gasteiger partial charge in [0.1, 0.15) is 5.82 Å². The van der Waals surface area contributed by atoms with Gasteiger partial charge in [-0.3, -0.25) is 0 Å². The summed E-state index contributed by atoms with van der Waals surface area (Å²) in [4.78, 5) is 6.87. The van der Waals surface area contributed by atoms with Crippen molar-refractivity contribution in [3.05, 3.63) is 30.1 Å². The Bertz CT molecular complexity index is 594. The summed E-state index contributed by atoms with van der Waals surface area (Å²) >= 11 is 0. The van der Waals surface area contributed by atoms with Crippen LogP contribution in [-0.2, 0) is 13.5 Å². The number of aromatic nitrogens is 2. The summed E-state index contributed by atoms with van der Waals surface area (Å²) < 4.78 is 2.09. The SMILES string of the molecule is CC1CC(O)(Cc2nc3ccccc3n2C)CN1C. The summed E-state index contributed by atoms with van der Waals surface area (Å²) in [6.45, 7) is 2.88. The monoisotopic (exact) mass is 259 g/mol. The number of para-hydroxylation sites is 2. The zero-order chi connectivity index (χ0) is 13.6. The highest BCUT2D eigenvalue weighted by Gasteiger charge is 2.39. The first-order chi connectivity index (χ1) is 8.98. The zero-order valence-corrected chi connectivity index (χ0v) is 11.8. The van der Waals surface area contributed by atoms with Gasteiger partial charge in [0.2, 0.25) is 0 Å². The molecule has 3 rings (SSSR count). The molecule has 1 aliphatic rings. The third-order valence-corrected chi connectivity index (χ3v) is 4.34. The van der Waals surface area contributed by atoms with Gasteiger partial charge in [-0.05, 0) is 32.5 Å². The minimum Gasteiger partial charge on any atom is -0.388 e. The Morgan fingerprint density at radius 3 is 2.74 bits per heavy atom. The molecule has 1 fully saturated rings. The van der Waals surface area contributed by atoms with E-state index in [1.807, 2.05) is 25.2 Å². The maximum Gasteiger partial charge on any atom is 0.112 e. The van der Waals surface area contributed by atoms with Crippen molar-refractivity contribution in [1.29, 1.82) is 0 Å². The summed E-state index contributed by atoms with van der Waals surface area (Å²) in [6.07, 6.45) is 1.43. The number of fused-ring (bicyclic) bond motifs is 1. The van der Waals surface area contributed by atoms with Crippen LogP contribution in [0.15, 0.2) is 24.3 Å². The summed E-state index contributed by atoms with van der Waals surface area (Å²) in [5.74, 6) is 0.964. The Balaban J connectivity index is 1.92. The molecule has 0 aliphatic carbocycles. The van der Waals surface area contributed by atoms with Crippen molar-refractivity contribution in [2.45, 2.75) is 31.4 Å². The average molecular weight is 259 g/mol. The molecule has 0 amide bonds. The normalized spacial score (nSPS) is 28.3. The van der Waals surface area contributed by atoms with Crippen LogP contribution in [0.1, 0.15) is 19.2 Å². The number of nitrogens with zero attached hydrogens (tertiary/aromatic N) is 3. The Labute approximate surface area is 113 Å². The number of aryl methyl sites for hydroxylation is 1. The Kier molecular flexibility index (Phi) is 2.87. The molecule has 1 aliphatic heterocycles. The van der Waals surface area contributed by atoms with Crippen molar-refractivity contribution in [2.24, 2.45) is 7.05 Å². The van der Waals surface area contributed by atoms with Crippen LogP contribution < -0.4 is 0 Å². The van der Waals surface area contributed by atoms with E-state index >= 15 is 0 Å². The number of hydrogen-bond donors (Lipinski definition) is 1. The largest absolute Gasteiger partial charge is 0.388 e. The molecule has 4 heteroatoms. The van der Waals surface area contributed by atoms with Crippen LogP contribution in [0, 0.1) is 0 Å². The first-order valence-corrected chi connectivity index (χ1v) is 6.81. The molecule has 2 unspecified atom stereocenters. The lowest BCUT2D eigenvalue weighted by molar-refractivity contribution is 0.0495. The molecule has 1 aromatic carbocycles. The van der Waals surface area contributed by atoms with E-state index in [-0.39, 0.29) is 0 Å². The van der Waals surface area contributed by atoms with Crippen molar-refractivity contribution in [1.82, 2.24) is 14.5 Å². The lowest BCUT2D eigenvalue weighted by Gasteiger charge is -2.21. The molecule has 1 aromatic heterocycles. The summed E-state index contributed by atoms with van der Waals surface area (Å²) in [5, 5.41) is 10.7. The van der Waals surface area contributed by atoms with E-state index in [2.05, 4.69) is 34.5 Å². The van der Waals surface area contributed by atoms with Crippen molar-refractivity contribution in [3.63, 3.8) is 0 Å². The predicted octanol–water partition coefficient (Wildman–Crippen LogP) is 1.57. The van der Waals surface area contributed by atoms with E-state index in [0.29, 0.717) is 12.5 Å². The highest BCUT2D eigenvalue weighted by atomic mass is 16.3. The standard InChI is InChI=1S/C15H21N3O/c1-11-8-15(19,10-17(11)2)9-14-16-12-6-4-5-7-13(12)18(14)3/h4-7,11,19H,8-10H2,1-3H3. The lowest BCUT2D eigenvalue weighted by Crippen LogP contribution is -2.35. The number of likely N-dealkylation sites (N-methyl/N-ethyl adjacent to an activating group) is 1. The molecule has 2 atom stereocenters. The number of β-amino-alcohol motifs (C(OH)–C–C–N with tert-alkyl or cyclic N) is 1. The molecular weight excluding hydrogens is 238 g/mol. The van der Waals surface area contributed by atoms with Crippen molar-refractivity contribution >= 4 is 11.0 Å². The fraction of sp³-hybridized carbons (Fsp3) is 0.533. The molecule has 4 nitrogen and oxygen atoms in total. The van der Waals surface area contributed by atoms with Gasteiger partial charge in [0.15, 0.2) is 0 Å². The number of imidazole rings is 1. The van der Waals surface area contributed by atoms with Gasteiger partial charge >= 0.3 is 0 Å². The molecule has 0 bridgehead atoms. The van der Waals surface area contributed by atoms with Gasteiger partial charge in [0, 0.05) is 26.1 Å². The van der Waals surface area contributed by atoms with E-state index in [1.54, 1.807) is 0 Å². The minimum absolute atomic E-state index is 0.430. The lowest BCUT2D eigenvalue weighted by atomic mass is 9.96. The van der Waals surface area contributed by atoms with Crippen LogP contribution in [0.4, 0.5) is 0 Å². The highest BCUT2D eigenvalue weighted by molar-refractivity contribution is 5.75. The van der Waals surface area contributed by atoms with Crippen LogP contribution in [0.25, 0.3) is 11.0 Å². The summed E-state index contributed by atoms with van der Waals surface area (Å²) in [6, 6.07) is 8.54. The molecule has 1 N–H and O–H groups in total. The van der Waals surface area contributed by atoms with Crippen molar-refractivity contribution in [3.8, 4) is 0 Å². The third-order valence-electron chi connectivity index (χ3n) is 4.34. The number of aliphatic hydroxyl groups is 1. The number of likely N-dealkylation sites (tertiary alicyclic amines) is 1. The van der Waals surface area contributed by atoms with Crippen LogP contribution >= 0.6 is 0 Å². The van der Waals surface area contributed by atoms with Gasteiger partial charge in [0.25, 0.3) is 0 Å². The van der Waals surface area contributed by atoms with Gasteiger partial charge in [-0.1, -0.05) is 12.1 Å². The molecule has 2 aromatic rings. The second kappa shape index (κ2) is 4.32. The molecule has 0 spiro atoms. The minimum atomic E-state index is -0.650. The van der Waals surface area contributed by atoms with Gasteiger partial charge in [-0.25, -0.2) is 4.98 Å². The van der Waals surface area contributed by atoms with E-state index in [4.69, 9.17) is 0 Å². The average Bonchev–Trinajstić information content (AvgIpc) is 2.79. The Hall–Kier alpha value is -1.39. The fourth-order valence-corrected chi connectivity index (χ4v) is 3.17. The first-order valence-electron chi connectivity index (χ1n) is 6.81. The molecule has 0 saturated carbocycles. The van der Waals surface area contributed by atoms with E-state index < -0.39 is 5.60 Å². The van der Waals surface area contributed by atoms with E-state index in [0.717, 1.165) is 29.8 Å². The maximum atomic E-state index is 10.7. The van der Waals surface area contributed by atoms with Crippen LogP contribution in [0.5, 0.6) is 0 Å². The van der Waals surface area contributed by atoms with Crippen LogP contribution in [-0.4, -0.2) is 44.8 Å². The highest BCUT2D eigenvalue weighted by Crippen LogP contribution is 2.29. The van der Waals surface area contributed by atoms with Gasteiger partial charge in [-0.15, -0.1) is 0 Å². The first kappa shape index (κ1) is 12.6. The molecule has 0 radical (unpaired) electrons.